The zero-order chi connectivity index (χ0) is 19.3. The largest absolute Gasteiger partial charge is 0.330 e. The maximum Gasteiger partial charge on any atom is 0.325 e. The molecule has 1 atom stereocenters. The van der Waals surface area contributed by atoms with Gasteiger partial charge in [0.25, 0.3) is 5.91 Å². The molecule has 0 saturated carbocycles. The molecular weight excluding hydrogens is 354 g/mol. The molecule has 0 radical (unpaired) electrons. The zero-order valence-electron chi connectivity index (χ0n) is 14.7. The summed E-state index contributed by atoms with van der Waals surface area (Å²) in [6.45, 7) is 1.34. The number of nitrogens with zero attached hydrogens (tertiary/aromatic N) is 3. The molecule has 0 aliphatic carbocycles. The number of aromatic nitrogens is 2. The van der Waals surface area contributed by atoms with Crippen molar-refractivity contribution < 1.29 is 18.4 Å². The second-order valence-electron chi connectivity index (χ2n) is 6.65. The molecule has 4 rings (SSSR count). The second-order valence-corrected chi connectivity index (χ2v) is 6.65. The van der Waals surface area contributed by atoms with Crippen LogP contribution in [0.2, 0.25) is 0 Å². The average molecular weight is 370 g/mol. The lowest BCUT2D eigenvalue weighted by Gasteiger charge is -2.22. The number of hydrogen-bond donors (Lipinski definition) is 1. The van der Waals surface area contributed by atoms with Gasteiger partial charge in [0.05, 0.1) is 17.6 Å². The van der Waals surface area contributed by atoms with Gasteiger partial charge in [-0.1, -0.05) is 18.2 Å². The van der Waals surface area contributed by atoms with Gasteiger partial charge < -0.3 is 9.88 Å². The highest BCUT2D eigenvalue weighted by Crippen LogP contribution is 2.32. The number of halogens is 2. The quantitative estimate of drug-likeness (QED) is 0.721. The highest BCUT2D eigenvalue weighted by atomic mass is 19.1. The van der Waals surface area contributed by atoms with E-state index < -0.39 is 29.1 Å². The Hall–Kier alpha value is -3.29. The van der Waals surface area contributed by atoms with Gasteiger partial charge in [0.15, 0.2) is 0 Å². The van der Waals surface area contributed by atoms with Crippen LogP contribution in [0.4, 0.5) is 13.6 Å². The van der Waals surface area contributed by atoms with Gasteiger partial charge in [-0.25, -0.2) is 18.6 Å². The van der Waals surface area contributed by atoms with Gasteiger partial charge in [-0.2, -0.15) is 0 Å². The van der Waals surface area contributed by atoms with Gasteiger partial charge in [-0.15, -0.1) is 0 Å². The molecule has 27 heavy (non-hydrogen) atoms. The first-order valence-corrected chi connectivity index (χ1v) is 8.31. The SMILES string of the molecule is Cn1c(CN2C(=O)NC(C)(c3ccc(F)cc3F)C2=O)nc2ccccc21. The standard InChI is InChI=1S/C19H16F2N4O2/c1-19(12-8-7-11(20)9-13(12)21)17(26)25(18(27)23-19)10-16-22-14-5-3-4-6-15(14)24(16)2/h3-9H,10H2,1-2H3,(H,23,27). The van der Waals surface area contributed by atoms with E-state index in [1.165, 1.54) is 13.0 Å². The number of amides is 3. The Kier molecular flexibility index (Phi) is 3.73. The first-order valence-electron chi connectivity index (χ1n) is 8.31. The summed E-state index contributed by atoms with van der Waals surface area (Å²) in [5, 5.41) is 2.52. The second kappa shape index (κ2) is 5.87. The molecule has 1 aromatic heterocycles. The summed E-state index contributed by atoms with van der Waals surface area (Å²) in [6, 6.07) is 9.70. The molecule has 1 fully saturated rings. The Balaban J connectivity index is 1.69. The summed E-state index contributed by atoms with van der Waals surface area (Å²) in [6.07, 6.45) is 0. The molecule has 1 unspecified atom stereocenters. The first-order chi connectivity index (χ1) is 12.8. The van der Waals surface area contributed by atoms with Gasteiger partial charge in [-0.3, -0.25) is 9.69 Å². The van der Waals surface area contributed by atoms with E-state index in [9.17, 15) is 18.4 Å². The van der Waals surface area contributed by atoms with E-state index in [4.69, 9.17) is 0 Å². The summed E-state index contributed by atoms with van der Waals surface area (Å²) in [4.78, 5) is 30.8. The molecule has 1 N–H and O–H groups in total. The van der Waals surface area contributed by atoms with Crippen LogP contribution in [0, 0.1) is 11.6 Å². The molecule has 1 saturated heterocycles. The van der Waals surface area contributed by atoms with Crippen molar-refractivity contribution in [3.05, 3.63) is 65.5 Å². The molecule has 0 spiro atoms. The first kappa shape index (κ1) is 17.1. The number of aryl methyl sites for hydroxylation is 1. The van der Waals surface area contributed by atoms with Gasteiger partial charge in [0.2, 0.25) is 0 Å². The third-order valence-electron chi connectivity index (χ3n) is 4.92. The number of imide groups is 1. The topological polar surface area (TPSA) is 67.2 Å². The predicted octanol–water partition coefficient (Wildman–Crippen LogP) is 2.82. The van der Waals surface area contributed by atoms with Crippen molar-refractivity contribution in [1.29, 1.82) is 0 Å². The number of nitrogens with one attached hydrogen (secondary N) is 1. The molecule has 2 aromatic carbocycles. The predicted molar refractivity (Wildman–Crippen MR) is 93.5 cm³/mol. The Morgan fingerprint density at radius 3 is 2.59 bits per heavy atom. The van der Waals surface area contributed by atoms with Crippen LogP contribution in [0.5, 0.6) is 0 Å². The van der Waals surface area contributed by atoms with Crippen molar-refractivity contribution in [3.63, 3.8) is 0 Å². The number of carbonyl (C=O) groups excluding carboxylic acids is 2. The summed E-state index contributed by atoms with van der Waals surface area (Å²) < 4.78 is 29.2. The fourth-order valence-corrected chi connectivity index (χ4v) is 3.40. The molecule has 2 heterocycles. The van der Waals surface area contributed by atoms with E-state index in [1.54, 1.807) is 11.6 Å². The monoisotopic (exact) mass is 370 g/mol. The lowest BCUT2D eigenvalue weighted by atomic mass is 9.91. The minimum atomic E-state index is -1.61. The lowest BCUT2D eigenvalue weighted by molar-refractivity contribution is -0.131. The van der Waals surface area contributed by atoms with Gasteiger partial charge in [-0.05, 0) is 25.1 Å². The molecule has 138 valence electrons. The lowest BCUT2D eigenvalue weighted by Crippen LogP contribution is -2.41. The number of hydrogen-bond acceptors (Lipinski definition) is 3. The van der Waals surface area contributed by atoms with Gasteiger partial charge in [0, 0.05) is 18.7 Å². The number of rotatable bonds is 3. The average Bonchev–Trinajstić information content (AvgIpc) is 3.05. The summed E-state index contributed by atoms with van der Waals surface area (Å²) in [5.41, 5.74) is -0.0875. The Morgan fingerprint density at radius 2 is 1.89 bits per heavy atom. The van der Waals surface area contributed by atoms with Crippen LogP contribution >= 0.6 is 0 Å². The van der Waals surface area contributed by atoms with Crippen molar-refractivity contribution in [2.75, 3.05) is 0 Å². The summed E-state index contributed by atoms with van der Waals surface area (Å²) in [7, 11) is 1.79. The van der Waals surface area contributed by atoms with E-state index in [1.807, 2.05) is 24.3 Å². The van der Waals surface area contributed by atoms with E-state index in [0.29, 0.717) is 11.9 Å². The van der Waals surface area contributed by atoms with Crippen LogP contribution in [0.15, 0.2) is 42.5 Å². The molecule has 1 aliphatic heterocycles. The van der Waals surface area contributed by atoms with Crippen LogP contribution < -0.4 is 5.32 Å². The minimum Gasteiger partial charge on any atom is -0.330 e. The highest BCUT2D eigenvalue weighted by molar-refractivity contribution is 6.07. The van der Waals surface area contributed by atoms with E-state index in [2.05, 4.69) is 10.3 Å². The number of benzene rings is 2. The molecule has 1 aliphatic rings. The van der Waals surface area contributed by atoms with E-state index in [0.717, 1.165) is 22.0 Å². The Bertz CT molecular complexity index is 1090. The maximum atomic E-state index is 14.2. The van der Waals surface area contributed by atoms with Crippen molar-refractivity contribution in [1.82, 2.24) is 19.8 Å². The van der Waals surface area contributed by atoms with Crippen molar-refractivity contribution in [2.24, 2.45) is 7.05 Å². The normalized spacial score (nSPS) is 19.8. The Labute approximate surface area is 153 Å². The fourth-order valence-electron chi connectivity index (χ4n) is 3.40. The highest BCUT2D eigenvalue weighted by Gasteiger charge is 2.50. The number of fused-ring (bicyclic) bond motifs is 1. The Morgan fingerprint density at radius 1 is 1.15 bits per heavy atom. The van der Waals surface area contributed by atoms with Crippen LogP contribution in [-0.2, 0) is 23.9 Å². The molecule has 0 bridgehead atoms. The van der Waals surface area contributed by atoms with Crippen LogP contribution in [0.3, 0.4) is 0 Å². The summed E-state index contributed by atoms with van der Waals surface area (Å²) in [5.74, 6) is -1.75. The molecule has 6 nitrogen and oxygen atoms in total. The zero-order valence-corrected chi connectivity index (χ0v) is 14.7. The molecular formula is C19H16F2N4O2. The number of imidazole rings is 1. The van der Waals surface area contributed by atoms with Crippen molar-refractivity contribution in [3.8, 4) is 0 Å². The maximum absolute atomic E-state index is 14.2. The van der Waals surface area contributed by atoms with Crippen LogP contribution in [0.25, 0.3) is 11.0 Å². The van der Waals surface area contributed by atoms with E-state index in [-0.39, 0.29) is 12.1 Å². The van der Waals surface area contributed by atoms with Crippen LogP contribution in [-0.4, -0.2) is 26.4 Å². The smallest absolute Gasteiger partial charge is 0.325 e. The molecule has 3 amide bonds. The fraction of sp³-hybridized carbons (Fsp3) is 0.211. The minimum absolute atomic E-state index is 0.0613. The van der Waals surface area contributed by atoms with E-state index >= 15 is 0 Å². The number of para-hydroxylation sites is 2. The number of urea groups is 1. The van der Waals surface area contributed by atoms with Gasteiger partial charge >= 0.3 is 6.03 Å². The van der Waals surface area contributed by atoms with Crippen molar-refractivity contribution in [2.45, 2.75) is 19.0 Å². The molecule has 3 aromatic rings. The third kappa shape index (κ3) is 2.56. The van der Waals surface area contributed by atoms with Crippen LogP contribution in [0.1, 0.15) is 18.3 Å². The van der Waals surface area contributed by atoms with Gasteiger partial charge in [0.1, 0.15) is 23.0 Å². The molecule has 8 heteroatoms. The number of carbonyl (C=O) groups is 2. The summed E-state index contributed by atoms with van der Waals surface area (Å²) >= 11 is 0. The third-order valence-corrected chi connectivity index (χ3v) is 4.92. The van der Waals surface area contributed by atoms with Crippen molar-refractivity contribution >= 4 is 23.0 Å².